The van der Waals surface area contributed by atoms with E-state index < -0.39 is 5.91 Å². The maximum absolute atomic E-state index is 12.3. The number of nitrogens with one attached hydrogen (secondary N) is 1. The number of rotatable bonds is 4. The zero-order valence-corrected chi connectivity index (χ0v) is 14.1. The van der Waals surface area contributed by atoms with Crippen molar-refractivity contribution in [1.29, 1.82) is 0 Å². The Labute approximate surface area is 153 Å². The predicted molar refractivity (Wildman–Crippen MR) is 96.8 cm³/mol. The van der Waals surface area contributed by atoms with Crippen molar-refractivity contribution in [2.75, 3.05) is 12.1 Å². The van der Waals surface area contributed by atoms with Crippen LogP contribution in [0, 0.1) is 0 Å². The molecule has 0 fully saturated rings. The second kappa shape index (κ2) is 6.83. The number of amides is 1. The number of phenolic OH excluding ortho intramolecular Hbond substituents is 1. The van der Waals surface area contributed by atoms with Crippen LogP contribution in [0.5, 0.6) is 17.2 Å². The van der Waals surface area contributed by atoms with E-state index in [1.54, 1.807) is 36.4 Å². The van der Waals surface area contributed by atoms with Crippen LogP contribution < -0.4 is 20.3 Å². The highest BCUT2D eigenvalue weighted by Crippen LogP contribution is 2.35. The number of carbonyl (C=O) groups excluding carboxylic acids is 1. The van der Waals surface area contributed by atoms with Gasteiger partial charge >= 0.3 is 0 Å². The van der Waals surface area contributed by atoms with Crippen molar-refractivity contribution >= 4 is 11.6 Å². The van der Waals surface area contributed by atoms with Crippen LogP contribution in [-0.4, -0.2) is 27.4 Å². The minimum absolute atomic E-state index is 0.0468. The molecule has 0 saturated heterocycles. The van der Waals surface area contributed by atoms with Gasteiger partial charge in [-0.3, -0.25) is 14.2 Å². The molecule has 8 nitrogen and oxygen atoms in total. The molecule has 1 aromatic heterocycles. The number of hydrogen-bond acceptors (Lipinski definition) is 6. The van der Waals surface area contributed by atoms with Gasteiger partial charge in [0.1, 0.15) is 12.3 Å². The molecule has 0 atom stereocenters. The Kier molecular flexibility index (Phi) is 4.21. The summed E-state index contributed by atoms with van der Waals surface area (Å²) in [4.78, 5) is 28.7. The van der Waals surface area contributed by atoms with E-state index in [-0.39, 0.29) is 30.3 Å². The second-order valence-corrected chi connectivity index (χ2v) is 5.87. The minimum atomic E-state index is -0.448. The summed E-state index contributed by atoms with van der Waals surface area (Å²) in [5, 5.41) is 12.2. The topological polar surface area (TPSA) is 103 Å². The van der Waals surface area contributed by atoms with Gasteiger partial charge in [0.15, 0.2) is 11.5 Å². The average molecular weight is 365 g/mol. The third-order valence-corrected chi connectivity index (χ3v) is 4.04. The number of aromatic hydroxyl groups is 1. The van der Waals surface area contributed by atoms with Crippen molar-refractivity contribution in [3.8, 4) is 28.5 Å². The fourth-order valence-corrected chi connectivity index (χ4v) is 2.68. The third-order valence-electron chi connectivity index (χ3n) is 4.04. The van der Waals surface area contributed by atoms with Gasteiger partial charge in [-0.15, -0.1) is 0 Å². The van der Waals surface area contributed by atoms with Gasteiger partial charge in [0, 0.05) is 11.6 Å². The highest BCUT2D eigenvalue weighted by molar-refractivity contribution is 5.92. The van der Waals surface area contributed by atoms with Crippen LogP contribution in [0.2, 0.25) is 0 Å². The van der Waals surface area contributed by atoms with Crippen molar-refractivity contribution in [2.45, 2.75) is 6.54 Å². The van der Waals surface area contributed by atoms with Crippen molar-refractivity contribution in [1.82, 2.24) is 9.55 Å². The number of phenols is 1. The van der Waals surface area contributed by atoms with Crippen molar-refractivity contribution in [3.63, 3.8) is 0 Å². The van der Waals surface area contributed by atoms with Gasteiger partial charge in [0.05, 0.1) is 17.7 Å². The summed E-state index contributed by atoms with van der Waals surface area (Å²) in [5.41, 5.74) is 1.09. The fraction of sp³-hybridized carbons (Fsp3) is 0.105. The Bertz CT molecular complexity index is 1080. The van der Waals surface area contributed by atoms with Crippen molar-refractivity contribution in [2.24, 2.45) is 0 Å². The average Bonchev–Trinajstić information content (AvgIpc) is 3.13. The summed E-state index contributed by atoms with van der Waals surface area (Å²) in [7, 11) is 0. The molecule has 2 aromatic carbocycles. The van der Waals surface area contributed by atoms with Crippen LogP contribution in [0.3, 0.4) is 0 Å². The molecule has 2 heterocycles. The second-order valence-electron chi connectivity index (χ2n) is 5.87. The molecule has 0 unspecified atom stereocenters. The number of benzene rings is 2. The SMILES string of the molecule is O=C(Cn1cnc(-c2ccc3c(c2)OCO3)cc1=O)Nc1ccccc1O. The van der Waals surface area contributed by atoms with Gasteiger partial charge in [0.25, 0.3) is 5.56 Å². The molecule has 0 saturated carbocycles. The molecule has 2 N–H and O–H groups in total. The first kappa shape index (κ1) is 16.6. The predicted octanol–water partition coefficient (Wildman–Crippen LogP) is 1.98. The number of fused-ring (bicyclic) bond motifs is 1. The van der Waals surface area contributed by atoms with Crippen LogP contribution in [0.25, 0.3) is 11.3 Å². The van der Waals surface area contributed by atoms with E-state index in [4.69, 9.17) is 9.47 Å². The van der Waals surface area contributed by atoms with E-state index >= 15 is 0 Å². The Morgan fingerprint density at radius 3 is 2.78 bits per heavy atom. The highest BCUT2D eigenvalue weighted by atomic mass is 16.7. The maximum Gasteiger partial charge on any atom is 0.254 e. The van der Waals surface area contributed by atoms with Gasteiger partial charge in [-0.25, -0.2) is 4.98 Å². The summed E-state index contributed by atoms with van der Waals surface area (Å²) in [6.45, 7) is -0.0541. The van der Waals surface area contributed by atoms with E-state index in [0.29, 0.717) is 22.8 Å². The summed E-state index contributed by atoms with van der Waals surface area (Å²) in [5.74, 6) is 0.749. The van der Waals surface area contributed by atoms with Gasteiger partial charge < -0.3 is 19.9 Å². The first-order valence-corrected chi connectivity index (χ1v) is 8.14. The maximum atomic E-state index is 12.3. The Morgan fingerprint density at radius 2 is 1.96 bits per heavy atom. The highest BCUT2D eigenvalue weighted by Gasteiger charge is 2.15. The molecule has 3 aromatic rings. The zero-order valence-electron chi connectivity index (χ0n) is 14.1. The number of aromatic nitrogens is 2. The van der Waals surface area contributed by atoms with Crippen LogP contribution in [0.1, 0.15) is 0 Å². The molecule has 1 amide bonds. The summed E-state index contributed by atoms with van der Waals surface area (Å²) in [6.07, 6.45) is 1.31. The molecule has 1 aliphatic rings. The molecule has 0 spiro atoms. The molecule has 0 radical (unpaired) electrons. The Morgan fingerprint density at radius 1 is 1.15 bits per heavy atom. The molecule has 27 heavy (non-hydrogen) atoms. The van der Waals surface area contributed by atoms with Crippen LogP contribution in [-0.2, 0) is 11.3 Å². The Hall–Kier alpha value is -3.81. The molecule has 8 heteroatoms. The van der Waals surface area contributed by atoms with Gasteiger partial charge in [-0.05, 0) is 30.3 Å². The lowest BCUT2D eigenvalue weighted by Gasteiger charge is -2.09. The zero-order chi connectivity index (χ0) is 18.8. The van der Waals surface area contributed by atoms with Gasteiger partial charge in [-0.2, -0.15) is 0 Å². The number of carbonyl (C=O) groups is 1. The molecule has 4 rings (SSSR count). The smallest absolute Gasteiger partial charge is 0.254 e. The third kappa shape index (κ3) is 3.45. The van der Waals surface area contributed by atoms with E-state index in [2.05, 4.69) is 10.3 Å². The largest absolute Gasteiger partial charge is 0.506 e. The molecular weight excluding hydrogens is 350 g/mol. The quantitative estimate of drug-likeness (QED) is 0.686. The monoisotopic (exact) mass is 365 g/mol. The van der Waals surface area contributed by atoms with Gasteiger partial charge in [0.2, 0.25) is 12.7 Å². The first-order chi connectivity index (χ1) is 13.1. The number of nitrogens with zero attached hydrogens (tertiary/aromatic N) is 2. The minimum Gasteiger partial charge on any atom is -0.506 e. The van der Waals surface area contributed by atoms with Crippen molar-refractivity contribution in [3.05, 3.63) is 65.2 Å². The number of para-hydroxylation sites is 2. The molecular formula is C19H15N3O5. The molecule has 0 bridgehead atoms. The number of hydrogen-bond donors (Lipinski definition) is 2. The normalized spacial score (nSPS) is 12.0. The van der Waals surface area contributed by atoms with Crippen LogP contribution in [0.15, 0.2) is 59.7 Å². The van der Waals surface area contributed by atoms with Crippen molar-refractivity contribution < 1.29 is 19.4 Å². The number of ether oxygens (including phenoxy) is 2. The molecule has 1 aliphatic heterocycles. The lowest BCUT2D eigenvalue weighted by Crippen LogP contribution is -2.27. The van der Waals surface area contributed by atoms with E-state index in [0.717, 1.165) is 0 Å². The fourth-order valence-electron chi connectivity index (χ4n) is 2.68. The summed E-state index contributed by atoms with van der Waals surface area (Å²) < 4.78 is 11.8. The van der Waals surface area contributed by atoms with Crippen LogP contribution >= 0.6 is 0 Å². The summed E-state index contributed by atoms with van der Waals surface area (Å²) >= 11 is 0. The van der Waals surface area contributed by atoms with E-state index in [1.807, 2.05) is 0 Å². The Balaban J connectivity index is 1.51. The molecule has 136 valence electrons. The first-order valence-electron chi connectivity index (χ1n) is 8.14. The lowest BCUT2D eigenvalue weighted by atomic mass is 10.1. The standard InChI is InChI=1S/C19H15N3O5/c23-15-4-2-1-3-13(15)21-18(24)9-22-10-20-14(8-19(22)25)12-5-6-16-17(7-12)27-11-26-16/h1-8,10,23H,9,11H2,(H,21,24). The number of anilines is 1. The molecule has 0 aliphatic carbocycles. The van der Waals surface area contributed by atoms with E-state index in [1.165, 1.54) is 23.0 Å². The summed E-state index contributed by atoms with van der Waals surface area (Å²) in [6, 6.07) is 13.0. The lowest BCUT2D eigenvalue weighted by molar-refractivity contribution is -0.116. The van der Waals surface area contributed by atoms with Gasteiger partial charge in [-0.1, -0.05) is 12.1 Å². The van der Waals surface area contributed by atoms with E-state index in [9.17, 15) is 14.7 Å². The van der Waals surface area contributed by atoms with Crippen LogP contribution in [0.4, 0.5) is 5.69 Å².